The summed E-state index contributed by atoms with van der Waals surface area (Å²) < 4.78 is 0. The van der Waals surface area contributed by atoms with E-state index < -0.39 is 0 Å². The molecule has 1 aromatic carbocycles. The fourth-order valence-electron chi connectivity index (χ4n) is 1.61. The molecule has 0 unspecified atom stereocenters. The van der Waals surface area contributed by atoms with E-state index in [9.17, 15) is 0 Å². The molecule has 0 saturated heterocycles. The zero-order valence-corrected chi connectivity index (χ0v) is 14.6. The zero-order valence-electron chi connectivity index (χ0n) is 12.3. The van der Waals surface area contributed by atoms with Crippen LogP contribution < -0.4 is 5.32 Å². The number of benzene rings is 1. The Morgan fingerprint density at radius 2 is 1.90 bits per heavy atom. The van der Waals surface area contributed by atoms with Crippen LogP contribution in [0.3, 0.4) is 0 Å². The number of aromatic nitrogens is 1. The van der Waals surface area contributed by atoms with Crippen LogP contribution in [-0.4, -0.2) is 10.5 Å². The van der Waals surface area contributed by atoms with Gasteiger partial charge in [0.05, 0.1) is 5.02 Å². The van der Waals surface area contributed by atoms with Crippen molar-refractivity contribution >= 4 is 35.0 Å². The zero-order chi connectivity index (χ0) is 15.5. The number of halogens is 2. The van der Waals surface area contributed by atoms with E-state index in [4.69, 9.17) is 23.2 Å². The van der Waals surface area contributed by atoms with Crippen molar-refractivity contribution in [1.82, 2.24) is 10.3 Å². The summed E-state index contributed by atoms with van der Waals surface area (Å²) in [6.45, 7) is 7.24. The van der Waals surface area contributed by atoms with Crippen LogP contribution in [0.5, 0.6) is 0 Å². The molecule has 2 rings (SSSR count). The molecule has 0 aliphatic carbocycles. The lowest BCUT2D eigenvalue weighted by molar-refractivity contribution is 0.424. The highest BCUT2D eigenvalue weighted by atomic mass is 35.5. The molecule has 0 radical (unpaired) electrons. The Balaban J connectivity index is 2.04. The summed E-state index contributed by atoms with van der Waals surface area (Å²) in [6, 6.07) is 9.51. The lowest BCUT2D eigenvalue weighted by Gasteiger charge is -2.20. The predicted molar refractivity (Wildman–Crippen MR) is 91.4 cm³/mol. The van der Waals surface area contributed by atoms with Crippen LogP contribution in [-0.2, 0) is 6.54 Å². The smallest absolute Gasteiger partial charge is 0.101 e. The van der Waals surface area contributed by atoms with E-state index in [2.05, 4.69) is 37.1 Å². The second-order valence-electron chi connectivity index (χ2n) is 5.79. The van der Waals surface area contributed by atoms with Crippen LogP contribution in [0.4, 0.5) is 0 Å². The molecule has 1 aromatic heterocycles. The second-order valence-corrected chi connectivity index (χ2v) is 7.69. The van der Waals surface area contributed by atoms with E-state index in [1.54, 1.807) is 12.1 Å². The molecule has 2 nitrogen and oxygen atoms in total. The number of nitrogens with zero attached hydrogens (tertiary/aromatic N) is 1. The second kappa shape index (κ2) is 7.01. The molecule has 0 amide bonds. The number of hydrogen-bond donors (Lipinski definition) is 1. The van der Waals surface area contributed by atoms with Crippen molar-refractivity contribution < 1.29 is 0 Å². The van der Waals surface area contributed by atoms with Gasteiger partial charge in [-0.05, 0) is 50.6 Å². The quantitative estimate of drug-likeness (QED) is 0.803. The van der Waals surface area contributed by atoms with E-state index in [0.29, 0.717) is 10.0 Å². The molecule has 0 aliphatic heterocycles. The Labute approximate surface area is 140 Å². The van der Waals surface area contributed by atoms with Crippen molar-refractivity contribution in [2.75, 3.05) is 0 Å². The molecule has 5 heteroatoms. The first-order valence-electron chi connectivity index (χ1n) is 6.66. The number of hydrogen-bond acceptors (Lipinski definition) is 3. The Bertz CT molecular complexity index is 607. The maximum Gasteiger partial charge on any atom is 0.101 e. The topological polar surface area (TPSA) is 24.9 Å². The van der Waals surface area contributed by atoms with E-state index in [0.717, 1.165) is 22.0 Å². The van der Waals surface area contributed by atoms with Gasteiger partial charge in [-0.3, -0.25) is 0 Å². The molecule has 1 heterocycles. The lowest BCUT2D eigenvalue weighted by atomic mass is 10.1. The van der Waals surface area contributed by atoms with Crippen molar-refractivity contribution in [3.05, 3.63) is 52.1 Å². The van der Waals surface area contributed by atoms with Gasteiger partial charge in [0.1, 0.15) is 5.03 Å². The SMILES string of the molecule is CC(C)(C)NCc1ccc(Sc2cc(Cl)ccc2Cl)nc1. The summed E-state index contributed by atoms with van der Waals surface area (Å²) in [7, 11) is 0. The van der Waals surface area contributed by atoms with Crippen molar-refractivity contribution in [2.24, 2.45) is 0 Å². The van der Waals surface area contributed by atoms with Gasteiger partial charge in [-0.1, -0.05) is 41.0 Å². The van der Waals surface area contributed by atoms with Gasteiger partial charge in [-0.15, -0.1) is 0 Å². The standard InChI is InChI=1S/C16H18Cl2N2S/c1-16(2,3)20-10-11-4-7-15(19-9-11)21-14-8-12(17)5-6-13(14)18/h4-9,20H,10H2,1-3H3. The minimum Gasteiger partial charge on any atom is -0.308 e. The molecule has 0 bridgehead atoms. The first kappa shape index (κ1) is 16.6. The predicted octanol–water partition coefficient (Wildman–Crippen LogP) is 5.43. The molecule has 1 N–H and O–H groups in total. The van der Waals surface area contributed by atoms with Crippen LogP contribution in [0.1, 0.15) is 26.3 Å². The molecular formula is C16H18Cl2N2S. The molecule has 0 spiro atoms. The molecule has 2 aromatic rings. The summed E-state index contributed by atoms with van der Waals surface area (Å²) in [5.74, 6) is 0. The van der Waals surface area contributed by atoms with Gasteiger partial charge >= 0.3 is 0 Å². The van der Waals surface area contributed by atoms with Crippen molar-refractivity contribution in [2.45, 2.75) is 42.8 Å². The summed E-state index contributed by atoms with van der Waals surface area (Å²) in [5.41, 5.74) is 1.26. The summed E-state index contributed by atoms with van der Waals surface area (Å²) in [4.78, 5) is 5.38. The first-order valence-corrected chi connectivity index (χ1v) is 8.23. The van der Waals surface area contributed by atoms with E-state index in [1.165, 1.54) is 11.8 Å². The van der Waals surface area contributed by atoms with E-state index >= 15 is 0 Å². The number of pyridine rings is 1. The Morgan fingerprint density at radius 1 is 1.14 bits per heavy atom. The molecule has 0 fully saturated rings. The molecular weight excluding hydrogens is 323 g/mol. The Kier molecular flexibility index (Phi) is 5.55. The fraction of sp³-hybridized carbons (Fsp3) is 0.312. The molecule has 0 atom stereocenters. The minimum atomic E-state index is 0.0989. The fourth-order valence-corrected chi connectivity index (χ4v) is 2.90. The van der Waals surface area contributed by atoms with Gasteiger partial charge in [0.15, 0.2) is 0 Å². The van der Waals surface area contributed by atoms with Gasteiger partial charge in [0.25, 0.3) is 0 Å². The van der Waals surface area contributed by atoms with E-state index in [-0.39, 0.29) is 5.54 Å². The third kappa shape index (κ3) is 5.51. The summed E-state index contributed by atoms with van der Waals surface area (Å²) in [6.07, 6.45) is 1.89. The molecule has 21 heavy (non-hydrogen) atoms. The average molecular weight is 341 g/mol. The Hall–Kier alpha value is -0.740. The van der Waals surface area contributed by atoms with Crippen molar-refractivity contribution in [3.63, 3.8) is 0 Å². The van der Waals surface area contributed by atoms with Crippen LogP contribution in [0.25, 0.3) is 0 Å². The monoisotopic (exact) mass is 340 g/mol. The van der Waals surface area contributed by atoms with Gasteiger partial charge < -0.3 is 5.32 Å². The van der Waals surface area contributed by atoms with Gasteiger partial charge in [-0.2, -0.15) is 0 Å². The summed E-state index contributed by atoms with van der Waals surface area (Å²) >= 11 is 13.7. The van der Waals surface area contributed by atoms with Crippen LogP contribution in [0.15, 0.2) is 46.5 Å². The van der Waals surface area contributed by atoms with Crippen LogP contribution in [0.2, 0.25) is 10.0 Å². The van der Waals surface area contributed by atoms with Gasteiger partial charge in [0.2, 0.25) is 0 Å². The maximum absolute atomic E-state index is 6.16. The molecule has 0 saturated carbocycles. The van der Waals surface area contributed by atoms with Gasteiger partial charge in [-0.25, -0.2) is 4.98 Å². The highest BCUT2D eigenvalue weighted by Crippen LogP contribution is 2.34. The number of rotatable bonds is 4. The third-order valence-corrected chi connectivity index (χ3v) is 4.41. The third-order valence-electron chi connectivity index (χ3n) is 2.73. The highest BCUT2D eigenvalue weighted by molar-refractivity contribution is 7.99. The maximum atomic E-state index is 6.16. The molecule has 112 valence electrons. The summed E-state index contributed by atoms with van der Waals surface area (Å²) in [5, 5.41) is 5.70. The van der Waals surface area contributed by atoms with Crippen molar-refractivity contribution in [3.8, 4) is 0 Å². The van der Waals surface area contributed by atoms with Gasteiger partial charge in [0, 0.05) is 28.2 Å². The normalized spacial score (nSPS) is 11.7. The average Bonchev–Trinajstić information content (AvgIpc) is 2.41. The molecule has 0 aliphatic rings. The van der Waals surface area contributed by atoms with Crippen molar-refractivity contribution in [1.29, 1.82) is 0 Å². The van der Waals surface area contributed by atoms with E-state index in [1.807, 2.05) is 18.3 Å². The highest BCUT2D eigenvalue weighted by Gasteiger charge is 2.09. The lowest BCUT2D eigenvalue weighted by Crippen LogP contribution is -2.35. The first-order chi connectivity index (χ1) is 9.83. The van der Waals surface area contributed by atoms with Crippen LogP contribution in [0, 0.1) is 0 Å². The Morgan fingerprint density at radius 3 is 2.52 bits per heavy atom. The number of nitrogens with one attached hydrogen (secondary N) is 1. The minimum absolute atomic E-state index is 0.0989. The largest absolute Gasteiger partial charge is 0.308 e. The van der Waals surface area contributed by atoms with Crippen LogP contribution >= 0.6 is 35.0 Å².